The van der Waals surface area contributed by atoms with E-state index in [9.17, 15) is 28.9 Å². The van der Waals surface area contributed by atoms with Gasteiger partial charge in [0.25, 0.3) is 5.69 Å². The van der Waals surface area contributed by atoms with Gasteiger partial charge in [-0.15, -0.1) is 0 Å². The molecule has 3 aromatic rings. The molecular weight excluding hydrogens is 431 g/mol. The van der Waals surface area contributed by atoms with Crippen molar-refractivity contribution in [2.24, 2.45) is 0 Å². The van der Waals surface area contributed by atoms with Crippen molar-refractivity contribution in [1.29, 1.82) is 0 Å². The van der Waals surface area contributed by atoms with Crippen molar-refractivity contribution in [1.82, 2.24) is 0 Å². The first kappa shape index (κ1) is 23.3. The topological polar surface area (TPSA) is 116 Å². The van der Waals surface area contributed by atoms with Gasteiger partial charge in [-0.1, -0.05) is 30.3 Å². The molecule has 0 aliphatic rings. The number of rotatable bonds is 9. The Balaban J connectivity index is 1.69. The first-order chi connectivity index (χ1) is 15.8. The molecule has 3 aromatic carbocycles. The number of nitrogens with one attached hydrogen (secondary N) is 1. The van der Waals surface area contributed by atoms with Crippen LogP contribution < -0.4 is 5.32 Å². The molecule has 0 saturated heterocycles. The summed E-state index contributed by atoms with van der Waals surface area (Å²) in [7, 11) is 0. The minimum atomic E-state index is -1.33. The molecule has 1 N–H and O–H groups in total. The second-order valence-corrected chi connectivity index (χ2v) is 7.00. The second kappa shape index (κ2) is 10.8. The van der Waals surface area contributed by atoms with E-state index in [0.29, 0.717) is 11.3 Å². The van der Waals surface area contributed by atoms with Crippen molar-refractivity contribution in [2.45, 2.75) is 18.9 Å². The second-order valence-electron chi connectivity index (χ2n) is 7.00. The number of non-ortho nitro benzene ring substituents is 1. The SMILES string of the molecule is O=C(CCC(=O)O[C@H](C(=O)c1ccccc1)c1ccc([N+](=O)[O-])cc1)Nc1ccc(F)cc1. The molecule has 9 heteroatoms. The molecule has 0 unspecified atom stereocenters. The molecule has 8 nitrogen and oxygen atoms in total. The molecular formula is C24H19FN2O6. The molecule has 1 amide bonds. The van der Waals surface area contributed by atoms with Crippen LogP contribution in [0, 0.1) is 15.9 Å². The van der Waals surface area contributed by atoms with Gasteiger partial charge in [-0.3, -0.25) is 24.5 Å². The molecule has 1 atom stereocenters. The van der Waals surface area contributed by atoms with Crippen LogP contribution in [-0.4, -0.2) is 22.6 Å². The van der Waals surface area contributed by atoms with Crippen molar-refractivity contribution in [3.05, 3.63) is 106 Å². The number of hydrogen-bond acceptors (Lipinski definition) is 6. The summed E-state index contributed by atoms with van der Waals surface area (Å²) in [6.45, 7) is 0. The van der Waals surface area contributed by atoms with Gasteiger partial charge in [0.05, 0.1) is 11.3 Å². The third-order valence-corrected chi connectivity index (χ3v) is 4.64. The number of hydrogen-bond donors (Lipinski definition) is 1. The number of halogens is 1. The third kappa shape index (κ3) is 6.54. The van der Waals surface area contributed by atoms with Crippen LogP contribution in [0.2, 0.25) is 0 Å². The first-order valence-electron chi connectivity index (χ1n) is 9.92. The van der Waals surface area contributed by atoms with Gasteiger partial charge in [-0.05, 0) is 36.4 Å². The Kier molecular flexibility index (Phi) is 7.59. The highest BCUT2D eigenvalue weighted by atomic mass is 19.1. The maximum absolute atomic E-state index is 13.0. The number of amides is 1. The molecule has 0 aromatic heterocycles. The van der Waals surface area contributed by atoms with E-state index in [-0.39, 0.29) is 24.1 Å². The number of anilines is 1. The smallest absolute Gasteiger partial charge is 0.307 e. The summed E-state index contributed by atoms with van der Waals surface area (Å²) in [6.07, 6.45) is -1.86. The van der Waals surface area contributed by atoms with Crippen LogP contribution in [0.4, 0.5) is 15.8 Å². The van der Waals surface area contributed by atoms with E-state index in [1.54, 1.807) is 30.3 Å². The van der Waals surface area contributed by atoms with Gasteiger partial charge >= 0.3 is 5.97 Å². The van der Waals surface area contributed by atoms with E-state index in [2.05, 4.69) is 5.32 Å². The third-order valence-electron chi connectivity index (χ3n) is 4.64. The predicted octanol–water partition coefficient (Wildman–Crippen LogP) is 4.62. The number of ketones is 1. The predicted molar refractivity (Wildman–Crippen MR) is 117 cm³/mol. The molecule has 3 rings (SSSR count). The standard InChI is InChI=1S/C24H19FN2O6/c25-18-8-10-19(11-9-18)26-21(28)14-15-22(29)33-24(23(30)16-4-2-1-3-5-16)17-6-12-20(13-7-17)27(31)32/h1-13,24H,14-15H2,(H,26,28)/t24-/m0/s1. The average Bonchev–Trinajstić information content (AvgIpc) is 2.83. The van der Waals surface area contributed by atoms with Crippen LogP contribution in [0.15, 0.2) is 78.9 Å². The minimum Gasteiger partial charge on any atom is -0.449 e. The Hall–Kier alpha value is -4.40. The molecule has 0 aliphatic carbocycles. The van der Waals surface area contributed by atoms with Gasteiger partial charge in [0.15, 0.2) is 6.10 Å². The van der Waals surface area contributed by atoms with Crippen molar-refractivity contribution in [2.75, 3.05) is 5.32 Å². The summed E-state index contributed by atoms with van der Waals surface area (Å²) in [5.41, 5.74) is 0.757. The van der Waals surface area contributed by atoms with E-state index in [1.165, 1.54) is 48.5 Å². The lowest BCUT2D eigenvalue weighted by molar-refractivity contribution is -0.384. The first-order valence-corrected chi connectivity index (χ1v) is 9.92. The molecule has 33 heavy (non-hydrogen) atoms. The van der Waals surface area contributed by atoms with Gasteiger partial charge in [-0.2, -0.15) is 0 Å². The largest absolute Gasteiger partial charge is 0.449 e. The van der Waals surface area contributed by atoms with Crippen molar-refractivity contribution in [3.63, 3.8) is 0 Å². The quantitative estimate of drug-likeness (QED) is 0.220. The molecule has 0 heterocycles. The van der Waals surface area contributed by atoms with Crippen molar-refractivity contribution < 1.29 is 28.4 Å². The Morgan fingerprint density at radius 1 is 0.909 bits per heavy atom. The minimum absolute atomic E-state index is 0.173. The van der Waals surface area contributed by atoms with Crippen LogP contribution in [-0.2, 0) is 14.3 Å². The molecule has 0 fully saturated rings. The number of carbonyl (C=O) groups excluding carboxylic acids is 3. The van der Waals surface area contributed by atoms with Gasteiger partial charge in [0.1, 0.15) is 5.82 Å². The zero-order valence-electron chi connectivity index (χ0n) is 17.3. The van der Waals surface area contributed by atoms with Crippen molar-refractivity contribution in [3.8, 4) is 0 Å². The Morgan fingerprint density at radius 2 is 1.55 bits per heavy atom. The van der Waals surface area contributed by atoms with E-state index in [0.717, 1.165) is 0 Å². The fourth-order valence-electron chi connectivity index (χ4n) is 2.96. The van der Waals surface area contributed by atoms with E-state index in [4.69, 9.17) is 4.74 Å². The number of carbonyl (C=O) groups is 3. The number of ether oxygens (including phenoxy) is 1. The van der Waals surface area contributed by atoms with Crippen LogP contribution >= 0.6 is 0 Å². The molecule has 0 radical (unpaired) electrons. The number of benzene rings is 3. The van der Waals surface area contributed by atoms with Crippen LogP contribution in [0.25, 0.3) is 0 Å². The normalized spacial score (nSPS) is 11.3. The maximum atomic E-state index is 13.0. The number of Topliss-reactive ketones (excluding diaryl/α,β-unsaturated/α-hetero) is 1. The summed E-state index contributed by atoms with van der Waals surface area (Å²) in [4.78, 5) is 47.8. The van der Waals surface area contributed by atoms with Crippen molar-refractivity contribution >= 4 is 29.0 Å². The zero-order valence-corrected chi connectivity index (χ0v) is 17.3. The van der Waals surface area contributed by atoms with Crippen LogP contribution in [0.3, 0.4) is 0 Å². The van der Waals surface area contributed by atoms with Gasteiger partial charge in [0, 0.05) is 35.4 Å². The average molecular weight is 450 g/mol. The summed E-state index contributed by atoms with van der Waals surface area (Å²) < 4.78 is 18.3. The Morgan fingerprint density at radius 3 is 2.15 bits per heavy atom. The lowest BCUT2D eigenvalue weighted by atomic mass is 9.99. The van der Waals surface area contributed by atoms with Crippen LogP contribution in [0.1, 0.15) is 34.9 Å². The van der Waals surface area contributed by atoms with E-state index in [1.807, 2.05) is 0 Å². The monoisotopic (exact) mass is 450 g/mol. The highest BCUT2D eigenvalue weighted by Gasteiger charge is 2.27. The van der Waals surface area contributed by atoms with Crippen LogP contribution in [0.5, 0.6) is 0 Å². The number of esters is 1. The zero-order chi connectivity index (χ0) is 23.8. The highest BCUT2D eigenvalue weighted by molar-refractivity contribution is 6.01. The number of nitro benzene ring substituents is 1. The molecule has 0 bridgehead atoms. The fraction of sp³-hybridized carbons (Fsp3) is 0.125. The summed E-state index contributed by atoms with van der Waals surface area (Å²) >= 11 is 0. The summed E-state index contributed by atoms with van der Waals surface area (Å²) in [5.74, 6) is -2.23. The summed E-state index contributed by atoms with van der Waals surface area (Å²) in [5, 5.41) is 13.4. The highest BCUT2D eigenvalue weighted by Crippen LogP contribution is 2.25. The molecule has 168 valence electrons. The van der Waals surface area contributed by atoms with Gasteiger partial charge in [0.2, 0.25) is 11.7 Å². The van der Waals surface area contributed by atoms with Gasteiger partial charge < -0.3 is 10.1 Å². The maximum Gasteiger partial charge on any atom is 0.307 e. The molecule has 0 spiro atoms. The van der Waals surface area contributed by atoms with Gasteiger partial charge in [-0.25, -0.2) is 4.39 Å². The Labute approximate surface area is 188 Å². The summed E-state index contributed by atoms with van der Waals surface area (Å²) in [6, 6.07) is 18.4. The number of nitro groups is 1. The van der Waals surface area contributed by atoms with E-state index >= 15 is 0 Å². The molecule has 0 aliphatic heterocycles. The Bertz CT molecular complexity index is 1150. The lowest BCUT2D eigenvalue weighted by Gasteiger charge is -2.17. The lowest BCUT2D eigenvalue weighted by Crippen LogP contribution is -2.21. The number of nitrogens with zero attached hydrogens (tertiary/aromatic N) is 1. The van der Waals surface area contributed by atoms with E-state index < -0.39 is 34.5 Å². The molecule has 0 saturated carbocycles. The fourth-order valence-corrected chi connectivity index (χ4v) is 2.96.